The number of amides is 3. The Morgan fingerprint density at radius 2 is 1.82 bits per heavy atom. The first-order chi connectivity index (χ1) is 13.3. The maximum atomic E-state index is 12.8. The number of para-hydroxylation sites is 1. The van der Waals surface area contributed by atoms with Crippen LogP contribution >= 0.6 is 34.8 Å². The van der Waals surface area contributed by atoms with Gasteiger partial charge in [-0.25, -0.2) is 4.90 Å². The highest BCUT2D eigenvalue weighted by Crippen LogP contribution is 2.31. The fraction of sp³-hybridized carbons (Fsp3) is 0.211. The van der Waals surface area contributed by atoms with E-state index in [1.165, 1.54) is 17.0 Å². The molecule has 28 heavy (non-hydrogen) atoms. The van der Waals surface area contributed by atoms with E-state index in [1.54, 1.807) is 37.4 Å². The summed E-state index contributed by atoms with van der Waals surface area (Å²) >= 11 is 17.9. The van der Waals surface area contributed by atoms with Gasteiger partial charge in [-0.05, 0) is 37.4 Å². The summed E-state index contributed by atoms with van der Waals surface area (Å²) in [5, 5.41) is 3.68. The third-order valence-electron chi connectivity index (χ3n) is 4.36. The topological polar surface area (TPSA) is 69.7 Å². The Bertz CT molecular complexity index is 951. The van der Waals surface area contributed by atoms with Gasteiger partial charge >= 0.3 is 0 Å². The molecule has 9 heteroatoms. The quantitative estimate of drug-likeness (QED) is 0.717. The summed E-state index contributed by atoms with van der Waals surface area (Å²) in [6.45, 7) is -0.0792. The number of anilines is 2. The van der Waals surface area contributed by atoms with E-state index in [4.69, 9.17) is 34.8 Å². The summed E-state index contributed by atoms with van der Waals surface area (Å²) in [4.78, 5) is 40.1. The van der Waals surface area contributed by atoms with Crippen molar-refractivity contribution < 1.29 is 14.4 Å². The van der Waals surface area contributed by atoms with E-state index in [1.807, 2.05) is 0 Å². The number of hydrogen-bond donors (Lipinski definition) is 1. The number of likely N-dealkylation sites (N-methyl/N-ethyl adjacent to an activating group) is 1. The molecule has 146 valence electrons. The first-order valence-corrected chi connectivity index (χ1v) is 9.48. The second-order valence-electron chi connectivity index (χ2n) is 6.33. The van der Waals surface area contributed by atoms with Crippen LogP contribution in [-0.2, 0) is 14.4 Å². The first-order valence-electron chi connectivity index (χ1n) is 8.34. The van der Waals surface area contributed by atoms with Gasteiger partial charge in [0.1, 0.15) is 0 Å². The predicted molar refractivity (Wildman–Crippen MR) is 110 cm³/mol. The molecule has 0 saturated carbocycles. The van der Waals surface area contributed by atoms with E-state index >= 15 is 0 Å². The lowest BCUT2D eigenvalue weighted by Gasteiger charge is -2.22. The maximum Gasteiger partial charge on any atom is 0.251 e. The van der Waals surface area contributed by atoms with Gasteiger partial charge in [0.2, 0.25) is 11.8 Å². The highest BCUT2D eigenvalue weighted by molar-refractivity contribution is 6.42. The Labute approximate surface area is 177 Å². The highest BCUT2D eigenvalue weighted by Gasteiger charge is 2.42. The normalized spacial score (nSPS) is 16.8. The van der Waals surface area contributed by atoms with Crippen LogP contribution in [0.2, 0.25) is 15.1 Å². The van der Waals surface area contributed by atoms with Crippen LogP contribution in [0.4, 0.5) is 11.4 Å². The largest absolute Gasteiger partial charge is 0.324 e. The van der Waals surface area contributed by atoms with Crippen molar-refractivity contribution in [1.82, 2.24) is 4.90 Å². The lowest BCUT2D eigenvalue weighted by molar-refractivity contribution is -0.123. The van der Waals surface area contributed by atoms with Gasteiger partial charge < -0.3 is 5.32 Å². The Morgan fingerprint density at radius 3 is 2.50 bits per heavy atom. The average molecular weight is 441 g/mol. The van der Waals surface area contributed by atoms with Crippen molar-refractivity contribution in [3.63, 3.8) is 0 Å². The third-order valence-corrected chi connectivity index (χ3v) is 5.43. The number of imide groups is 1. The van der Waals surface area contributed by atoms with Crippen LogP contribution in [0, 0.1) is 0 Å². The maximum absolute atomic E-state index is 12.8. The number of hydrogen-bond acceptors (Lipinski definition) is 4. The number of carbonyl (C=O) groups excluding carboxylic acids is 3. The molecule has 6 nitrogen and oxygen atoms in total. The zero-order valence-electron chi connectivity index (χ0n) is 14.8. The molecule has 1 saturated heterocycles. The van der Waals surface area contributed by atoms with Crippen LogP contribution in [0.3, 0.4) is 0 Å². The van der Waals surface area contributed by atoms with Gasteiger partial charge in [0, 0.05) is 0 Å². The van der Waals surface area contributed by atoms with Crippen molar-refractivity contribution in [2.75, 3.05) is 23.8 Å². The van der Waals surface area contributed by atoms with Crippen molar-refractivity contribution in [3.8, 4) is 0 Å². The van der Waals surface area contributed by atoms with Gasteiger partial charge in [0.25, 0.3) is 5.91 Å². The number of nitrogens with one attached hydrogen (secondary N) is 1. The van der Waals surface area contributed by atoms with Gasteiger partial charge in [0.15, 0.2) is 0 Å². The molecule has 1 aliphatic rings. The van der Waals surface area contributed by atoms with Gasteiger partial charge in [-0.1, -0.05) is 46.9 Å². The Kier molecular flexibility index (Phi) is 6.25. The van der Waals surface area contributed by atoms with Gasteiger partial charge in [0.05, 0.1) is 45.5 Å². The highest BCUT2D eigenvalue weighted by atomic mass is 35.5. The summed E-state index contributed by atoms with van der Waals surface area (Å²) in [6, 6.07) is 10.6. The summed E-state index contributed by atoms with van der Waals surface area (Å²) in [5.41, 5.74) is 0.828. The van der Waals surface area contributed by atoms with Gasteiger partial charge in [-0.15, -0.1) is 0 Å². The SMILES string of the molecule is CN(CC(=O)Nc1ccccc1Cl)[C@@H]1CC(=O)N(c2ccc(Cl)c(Cl)c2)C1=O. The predicted octanol–water partition coefficient (Wildman–Crippen LogP) is 3.85. The van der Waals surface area contributed by atoms with Crippen molar-refractivity contribution >= 4 is 63.9 Å². The molecule has 0 aromatic heterocycles. The lowest BCUT2D eigenvalue weighted by atomic mass is 10.2. The third kappa shape index (κ3) is 4.31. The standard InChI is InChI=1S/C19H16Cl3N3O3/c1-24(10-17(26)23-15-5-3-2-4-13(15)21)16-9-18(27)25(19(16)28)11-6-7-12(20)14(22)8-11/h2-8,16H,9-10H2,1H3,(H,23,26)/t16-/m1/s1. The van der Waals surface area contributed by atoms with Crippen LogP contribution in [0.25, 0.3) is 0 Å². The molecule has 0 aliphatic carbocycles. The first kappa shape index (κ1) is 20.6. The number of nitrogens with zero attached hydrogens (tertiary/aromatic N) is 2. The number of halogens is 3. The van der Waals surface area contributed by atoms with Crippen LogP contribution in [0.5, 0.6) is 0 Å². The zero-order valence-corrected chi connectivity index (χ0v) is 17.1. The molecule has 3 amide bonds. The molecule has 3 rings (SSSR count). The number of carbonyl (C=O) groups is 3. The second-order valence-corrected chi connectivity index (χ2v) is 7.55. The molecule has 1 fully saturated rings. The van der Waals surface area contributed by atoms with Crippen LogP contribution in [-0.4, -0.2) is 42.3 Å². The van der Waals surface area contributed by atoms with Crippen molar-refractivity contribution in [1.29, 1.82) is 0 Å². The van der Waals surface area contributed by atoms with Crippen LogP contribution in [0.15, 0.2) is 42.5 Å². The van der Waals surface area contributed by atoms with E-state index in [0.29, 0.717) is 21.4 Å². The molecule has 0 bridgehead atoms. The summed E-state index contributed by atoms with van der Waals surface area (Å²) < 4.78 is 0. The second kappa shape index (κ2) is 8.49. The summed E-state index contributed by atoms with van der Waals surface area (Å²) in [5.74, 6) is -1.13. The van der Waals surface area contributed by atoms with Gasteiger partial charge in [-0.3, -0.25) is 19.3 Å². The monoisotopic (exact) mass is 439 g/mol. The van der Waals surface area contributed by atoms with Crippen LogP contribution < -0.4 is 10.2 Å². The average Bonchev–Trinajstić information content (AvgIpc) is 2.94. The molecule has 0 spiro atoms. The Hall–Kier alpha value is -2.12. The van der Waals surface area contributed by atoms with E-state index in [9.17, 15) is 14.4 Å². The number of rotatable bonds is 5. The number of benzene rings is 2. The van der Waals surface area contributed by atoms with E-state index < -0.39 is 11.9 Å². The minimum Gasteiger partial charge on any atom is -0.324 e. The van der Waals surface area contributed by atoms with E-state index in [-0.39, 0.29) is 29.8 Å². The molecule has 1 N–H and O–H groups in total. The molecule has 0 unspecified atom stereocenters. The molecule has 2 aromatic rings. The minimum atomic E-state index is -0.751. The van der Waals surface area contributed by atoms with Crippen molar-refractivity contribution in [2.45, 2.75) is 12.5 Å². The van der Waals surface area contributed by atoms with Gasteiger partial charge in [-0.2, -0.15) is 0 Å². The summed E-state index contributed by atoms with van der Waals surface area (Å²) in [6.07, 6.45) is -0.0328. The molecule has 0 radical (unpaired) electrons. The summed E-state index contributed by atoms with van der Waals surface area (Å²) in [7, 11) is 1.61. The molecule has 1 aliphatic heterocycles. The fourth-order valence-corrected chi connectivity index (χ4v) is 3.42. The molecule has 2 aromatic carbocycles. The van der Waals surface area contributed by atoms with Crippen molar-refractivity contribution in [3.05, 3.63) is 57.5 Å². The Morgan fingerprint density at radius 1 is 1.11 bits per heavy atom. The Balaban J connectivity index is 1.69. The minimum absolute atomic E-state index is 0.0328. The van der Waals surface area contributed by atoms with E-state index in [0.717, 1.165) is 4.90 Å². The van der Waals surface area contributed by atoms with Crippen molar-refractivity contribution in [2.24, 2.45) is 0 Å². The molecular formula is C19H16Cl3N3O3. The smallest absolute Gasteiger partial charge is 0.251 e. The van der Waals surface area contributed by atoms with E-state index in [2.05, 4.69) is 5.32 Å². The molecule has 1 atom stereocenters. The lowest BCUT2D eigenvalue weighted by Crippen LogP contribution is -2.43. The fourth-order valence-electron chi connectivity index (χ4n) is 2.94. The molecular weight excluding hydrogens is 425 g/mol. The zero-order chi connectivity index (χ0) is 20.4. The molecule has 1 heterocycles. The van der Waals surface area contributed by atoms with Crippen LogP contribution in [0.1, 0.15) is 6.42 Å².